The van der Waals surface area contributed by atoms with Crippen molar-refractivity contribution in [1.82, 2.24) is 9.80 Å². The SMILES string of the molecule is CC1CCN(C(N)=NCC(C)N(C)C2CC2)CC1.I. The van der Waals surface area contributed by atoms with Crippen LogP contribution in [0.15, 0.2) is 4.99 Å². The maximum Gasteiger partial charge on any atom is 0.191 e. The molecule has 1 aliphatic heterocycles. The number of nitrogens with zero attached hydrogens (tertiary/aromatic N) is 3. The Balaban J connectivity index is 0.00000180. The van der Waals surface area contributed by atoms with Crippen LogP contribution in [0.25, 0.3) is 0 Å². The Hall–Kier alpha value is -0.0400. The van der Waals surface area contributed by atoms with Crippen LogP contribution in [0.2, 0.25) is 0 Å². The van der Waals surface area contributed by atoms with Gasteiger partial charge in [0, 0.05) is 25.2 Å². The Morgan fingerprint density at radius 1 is 1.32 bits per heavy atom. The molecule has 19 heavy (non-hydrogen) atoms. The fourth-order valence-corrected chi connectivity index (χ4v) is 2.53. The lowest BCUT2D eigenvalue weighted by molar-refractivity contribution is 0.250. The summed E-state index contributed by atoms with van der Waals surface area (Å²) in [5, 5.41) is 0. The van der Waals surface area contributed by atoms with Gasteiger partial charge in [0.05, 0.1) is 6.54 Å². The molecule has 0 aromatic heterocycles. The number of guanidine groups is 1. The van der Waals surface area contributed by atoms with Gasteiger partial charge in [0.1, 0.15) is 0 Å². The zero-order chi connectivity index (χ0) is 13.1. The lowest BCUT2D eigenvalue weighted by Gasteiger charge is -2.31. The number of hydrogen-bond donors (Lipinski definition) is 1. The Labute approximate surface area is 134 Å². The van der Waals surface area contributed by atoms with Crippen LogP contribution in [-0.4, -0.2) is 54.5 Å². The van der Waals surface area contributed by atoms with Crippen LogP contribution in [0, 0.1) is 5.92 Å². The normalized spacial score (nSPS) is 23.4. The Kier molecular flexibility index (Phi) is 6.86. The van der Waals surface area contributed by atoms with E-state index in [1.165, 1.54) is 25.7 Å². The molecule has 2 aliphatic rings. The van der Waals surface area contributed by atoms with Crippen LogP contribution in [0.4, 0.5) is 0 Å². The van der Waals surface area contributed by atoms with Gasteiger partial charge < -0.3 is 10.6 Å². The lowest BCUT2D eigenvalue weighted by Crippen LogP contribution is -2.43. The van der Waals surface area contributed by atoms with Crippen molar-refractivity contribution in [3.05, 3.63) is 0 Å². The van der Waals surface area contributed by atoms with E-state index in [4.69, 9.17) is 5.73 Å². The summed E-state index contributed by atoms with van der Waals surface area (Å²) in [5.74, 6) is 1.59. The molecule has 4 nitrogen and oxygen atoms in total. The van der Waals surface area contributed by atoms with Crippen LogP contribution in [0.3, 0.4) is 0 Å². The molecule has 1 saturated carbocycles. The fourth-order valence-electron chi connectivity index (χ4n) is 2.53. The average Bonchev–Trinajstić information content (AvgIpc) is 3.19. The fraction of sp³-hybridized carbons (Fsp3) is 0.929. The van der Waals surface area contributed by atoms with Crippen molar-refractivity contribution in [2.75, 3.05) is 26.7 Å². The van der Waals surface area contributed by atoms with Gasteiger partial charge in [-0.05, 0) is 45.6 Å². The number of likely N-dealkylation sites (tertiary alicyclic amines) is 1. The first kappa shape index (κ1) is 17.0. The van der Waals surface area contributed by atoms with E-state index in [0.717, 1.165) is 37.6 Å². The second-order valence-corrected chi connectivity index (χ2v) is 6.11. The summed E-state index contributed by atoms with van der Waals surface area (Å²) in [7, 11) is 2.20. The molecule has 2 N–H and O–H groups in total. The van der Waals surface area contributed by atoms with Crippen LogP contribution in [0.1, 0.15) is 39.5 Å². The summed E-state index contributed by atoms with van der Waals surface area (Å²) in [6.07, 6.45) is 5.19. The first-order chi connectivity index (χ1) is 8.58. The molecule has 1 saturated heterocycles. The molecular formula is C14H29IN4. The lowest BCUT2D eigenvalue weighted by atomic mass is 10.00. The van der Waals surface area contributed by atoms with Gasteiger partial charge in [-0.1, -0.05) is 6.92 Å². The van der Waals surface area contributed by atoms with Gasteiger partial charge in [-0.15, -0.1) is 24.0 Å². The molecule has 0 bridgehead atoms. The zero-order valence-electron chi connectivity index (χ0n) is 12.5. The molecule has 0 spiro atoms. The predicted octanol–water partition coefficient (Wildman–Crippen LogP) is 2.13. The summed E-state index contributed by atoms with van der Waals surface area (Å²) in [6, 6.07) is 1.30. The van der Waals surface area contributed by atoms with Crippen LogP contribution >= 0.6 is 24.0 Å². The molecule has 1 aliphatic carbocycles. The van der Waals surface area contributed by atoms with E-state index >= 15 is 0 Å². The van der Waals surface area contributed by atoms with E-state index in [-0.39, 0.29) is 24.0 Å². The molecule has 1 heterocycles. The zero-order valence-corrected chi connectivity index (χ0v) is 14.8. The van der Waals surface area contributed by atoms with Crippen molar-refractivity contribution < 1.29 is 0 Å². The first-order valence-corrected chi connectivity index (χ1v) is 7.34. The van der Waals surface area contributed by atoms with Gasteiger partial charge in [0.25, 0.3) is 0 Å². The smallest absolute Gasteiger partial charge is 0.191 e. The van der Waals surface area contributed by atoms with E-state index in [0.29, 0.717) is 6.04 Å². The summed E-state index contributed by atoms with van der Waals surface area (Å²) in [6.45, 7) is 7.53. The van der Waals surface area contributed by atoms with Crippen molar-refractivity contribution in [3.63, 3.8) is 0 Å². The van der Waals surface area contributed by atoms with Crippen LogP contribution in [-0.2, 0) is 0 Å². The summed E-state index contributed by atoms with van der Waals surface area (Å²) in [5.41, 5.74) is 6.09. The van der Waals surface area contributed by atoms with E-state index < -0.39 is 0 Å². The van der Waals surface area contributed by atoms with Gasteiger partial charge in [0.15, 0.2) is 5.96 Å². The summed E-state index contributed by atoms with van der Waals surface area (Å²) < 4.78 is 0. The molecule has 1 unspecified atom stereocenters. The number of rotatable bonds is 4. The van der Waals surface area contributed by atoms with Crippen LogP contribution < -0.4 is 5.73 Å². The Morgan fingerprint density at radius 3 is 2.42 bits per heavy atom. The van der Waals surface area contributed by atoms with Crippen molar-refractivity contribution in [2.24, 2.45) is 16.6 Å². The summed E-state index contributed by atoms with van der Waals surface area (Å²) in [4.78, 5) is 9.26. The first-order valence-electron chi connectivity index (χ1n) is 7.34. The molecule has 0 amide bonds. The van der Waals surface area contributed by atoms with Crippen molar-refractivity contribution in [2.45, 2.75) is 51.6 Å². The number of hydrogen-bond acceptors (Lipinski definition) is 2. The quantitative estimate of drug-likeness (QED) is 0.462. The standard InChI is InChI=1S/C14H28N4.HI/c1-11-6-8-18(9-7-11)14(15)16-10-12(2)17(3)13-4-5-13;/h11-13H,4-10H2,1-3H3,(H2,15,16);1H. The predicted molar refractivity (Wildman–Crippen MR) is 92.1 cm³/mol. The topological polar surface area (TPSA) is 44.9 Å². The molecule has 5 heteroatoms. The Bertz CT molecular complexity index is 296. The molecule has 1 atom stereocenters. The largest absolute Gasteiger partial charge is 0.370 e. The highest BCUT2D eigenvalue weighted by Gasteiger charge is 2.29. The van der Waals surface area contributed by atoms with E-state index in [2.05, 4.69) is 35.7 Å². The number of aliphatic imine (C=N–C) groups is 1. The molecule has 0 aromatic carbocycles. The molecule has 2 fully saturated rings. The monoisotopic (exact) mass is 380 g/mol. The highest BCUT2D eigenvalue weighted by Crippen LogP contribution is 2.26. The molecule has 2 rings (SSSR count). The number of piperidine rings is 1. The third-order valence-electron chi connectivity index (χ3n) is 4.44. The maximum atomic E-state index is 6.09. The minimum atomic E-state index is 0. The highest BCUT2D eigenvalue weighted by atomic mass is 127. The van der Waals surface area contributed by atoms with E-state index in [1.54, 1.807) is 0 Å². The second-order valence-electron chi connectivity index (χ2n) is 6.11. The highest BCUT2D eigenvalue weighted by molar-refractivity contribution is 14.0. The molecular weight excluding hydrogens is 351 g/mol. The van der Waals surface area contributed by atoms with Crippen LogP contribution in [0.5, 0.6) is 0 Å². The molecule has 0 aromatic rings. The number of halogens is 1. The summed E-state index contributed by atoms with van der Waals surface area (Å²) >= 11 is 0. The van der Waals surface area contributed by atoms with E-state index in [9.17, 15) is 0 Å². The van der Waals surface area contributed by atoms with E-state index in [1.807, 2.05) is 0 Å². The van der Waals surface area contributed by atoms with Crippen molar-refractivity contribution >= 4 is 29.9 Å². The van der Waals surface area contributed by atoms with Crippen molar-refractivity contribution in [1.29, 1.82) is 0 Å². The van der Waals surface area contributed by atoms with Gasteiger partial charge in [-0.3, -0.25) is 9.89 Å². The number of likely N-dealkylation sites (N-methyl/N-ethyl adjacent to an activating group) is 1. The van der Waals surface area contributed by atoms with Gasteiger partial charge in [0.2, 0.25) is 0 Å². The minimum Gasteiger partial charge on any atom is -0.370 e. The third-order valence-corrected chi connectivity index (χ3v) is 4.44. The van der Waals surface area contributed by atoms with Gasteiger partial charge in [-0.25, -0.2) is 0 Å². The third kappa shape index (κ3) is 5.10. The number of nitrogens with two attached hydrogens (primary N) is 1. The Morgan fingerprint density at radius 2 is 1.89 bits per heavy atom. The van der Waals surface area contributed by atoms with Gasteiger partial charge >= 0.3 is 0 Å². The maximum absolute atomic E-state index is 6.09. The second kappa shape index (κ2) is 7.67. The average molecular weight is 380 g/mol. The minimum absolute atomic E-state index is 0. The molecule has 112 valence electrons. The van der Waals surface area contributed by atoms with Gasteiger partial charge in [-0.2, -0.15) is 0 Å². The molecule has 0 radical (unpaired) electrons. The van der Waals surface area contributed by atoms with Crippen molar-refractivity contribution in [3.8, 4) is 0 Å².